The Hall–Kier alpha value is -3.06. The second-order valence-electron chi connectivity index (χ2n) is 5.38. The molecule has 0 fully saturated rings. The Balaban J connectivity index is 1.85. The van der Waals surface area contributed by atoms with Crippen LogP contribution in [0, 0.1) is 12.7 Å². The van der Waals surface area contributed by atoms with Crippen LogP contribution in [0.15, 0.2) is 42.9 Å². The fourth-order valence-electron chi connectivity index (χ4n) is 2.40. The molecule has 0 saturated heterocycles. The molecule has 0 spiro atoms. The Morgan fingerprint density at radius 3 is 2.65 bits per heavy atom. The average Bonchev–Trinajstić information content (AvgIpc) is 2.62. The highest BCUT2D eigenvalue weighted by Gasteiger charge is 2.16. The summed E-state index contributed by atoms with van der Waals surface area (Å²) >= 11 is 5.96. The number of amides is 1. The molecule has 0 bridgehead atoms. The van der Waals surface area contributed by atoms with Crippen molar-refractivity contribution in [1.29, 1.82) is 0 Å². The molecule has 8 heteroatoms. The maximum Gasteiger partial charge on any atom is 0.260 e. The van der Waals surface area contributed by atoms with Gasteiger partial charge in [0.15, 0.2) is 5.82 Å². The van der Waals surface area contributed by atoms with E-state index in [0.717, 1.165) is 0 Å². The third-order valence-corrected chi connectivity index (χ3v) is 3.84. The predicted molar refractivity (Wildman–Crippen MR) is 95.9 cm³/mol. The zero-order chi connectivity index (χ0) is 18.7. The molecule has 2 heterocycles. The zero-order valence-corrected chi connectivity index (χ0v) is 14.7. The largest absolute Gasteiger partial charge is 0.481 e. The number of carbonyl (C=O) groups is 1. The zero-order valence-electron chi connectivity index (χ0n) is 14.0. The fraction of sp³-hybridized carbons (Fsp3) is 0.111. The van der Waals surface area contributed by atoms with Gasteiger partial charge in [-0.2, -0.15) is 0 Å². The molecule has 0 aliphatic rings. The SMILES string of the molecule is COc1ncc(Cl)cc1-c1cnc(NC(=O)c2c(C)cccc2F)cn1. The van der Waals surface area contributed by atoms with Gasteiger partial charge in [0.1, 0.15) is 5.82 Å². The fourth-order valence-corrected chi connectivity index (χ4v) is 2.56. The third kappa shape index (κ3) is 3.62. The summed E-state index contributed by atoms with van der Waals surface area (Å²) in [5.74, 6) is -0.649. The Bertz CT molecular complexity index is 944. The summed E-state index contributed by atoms with van der Waals surface area (Å²) in [5, 5.41) is 2.96. The van der Waals surface area contributed by atoms with Crippen LogP contribution in [0.2, 0.25) is 5.02 Å². The molecule has 0 atom stereocenters. The lowest BCUT2D eigenvalue weighted by Gasteiger charge is -2.09. The highest BCUT2D eigenvalue weighted by Crippen LogP contribution is 2.28. The molecule has 0 radical (unpaired) electrons. The lowest BCUT2D eigenvalue weighted by atomic mass is 10.1. The number of nitrogens with one attached hydrogen (secondary N) is 1. The van der Waals surface area contributed by atoms with Gasteiger partial charge in [-0.1, -0.05) is 23.7 Å². The summed E-state index contributed by atoms with van der Waals surface area (Å²) in [7, 11) is 1.48. The molecule has 0 aliphatic carbocycles. The number of rotatable bonds is 4. The molecule has 1 amide bonds. The number of anilines is 1. The van der Waals surface area contributed by atoms with Crippen molar-refractivity contribution in [2.24, 2.45) is 0 Å². The van der Waals surface area contributed by atoms with E-state index in [2.05, 4.69) is 20.3 Å². The molecule has 2 aromatic heterocycles. The second kappa shape index (κ2) is 7.45. The molecule has 0 unspecified atom stereocenters. The molecule has 3 aromatic rings. The Morgan fingerprint density at radius 1 is 1.19 bits per heavy atom. The number of aromatic nitrogens is 3. The Labute approximate surface area is 154 Å². The number of carbonyl (C=O) groups excluding carboxylic acids is 1. The van der Waals surface area contributed by atoms with Crippen molar-refractivity contribution in [2.45, 2.75) is 6.92 Å². The maximum absolute atomic E-state index is 13.9. The third-order valence-electron chi connectivity index (χ3n) is 3.63. The van der Waals surface area contributed by atoms with Crippen LogP contribution < -0.4 is 10.1 Å². The number of hydrogen-bond donors (Lipinski definition) is 1. The van der Waals surface area contributed by atoms with Gasteiger partial charge in [-0.05, 0) is 24.6 Å². The van der Waals surface area contributed by atoms with Crippen LogP contribution in [0.1, 0.15) is 15.9 Å². The van der Waals surface area contributed by atoms with Gasteiger partial charge in [0.05, 0.1) is 41.3 Å². The van der Waals surface area contributed by atoms with Crippen molar-refractivity contribution in [1.82, 2.24) is 15.0 Å². The monoisotopic (exact) mass is 372 g/mol. The molecule has 1 aromatic carbocycles. The van der Waals surface area contributed by atoms with Gasteiger partial charge in [0, 0.05) is 6.20 Å². The average molecular weight is 373 g/mol. The standard InChI is InChI=1S/C18H14ClFN4O2/c1-10-4-3-5-13(20)16(10)17(25)24-15-9-21-14(8-22-15)12-6-11(19)7-23-18(12)26-2/h3-9H,1-2H3,(H,22,24,25). The van der Waals surface area contributed by atoms with E-state index in [-0.39, 0.29) is 11.4 Å². The lowest BCUT2D eigenvalue weighted by Crippen LogP contribution is -2.16. The van der Waals surface area contributed by atoms with Crippen LogP contribution in [0.3, 0.4) is 0 Å². The molecule has 0 aliphatic heterocycles. The first kappa shape index (κ1) is 17.8. The van der Waals surface area contributed by atoms with Gasteiger partial charge >= 0.3 is 0 Å². The number of aryl methyl sites for hydroxylation is 1. The van der Waals surface area contributed by atoms with Crippen LogP contribution in [-0.2, 0) is 0 Å². The highest BCUT2D eigenvalue weighted by molar-refractivity contribution is 6.30. The molecule has 132 valence electrons. The van der Waals surface area contributed by atoms with E-state index in [1.54, 1.807) is 25.1 Å². The number of halogens is 2. The first-order valence-electron chi connectivity index (χ1n) is 7.58. The molecule has 3 rings (SSSR count). The Morgan fingerprint density at radius 2 is 2.00 bits per heavy atom. The van der Waals surface area contributed by atoms with Crippen LogP contribution in [0.25, 0.3) is 11.3 Å². The van der Waals surface area contributed by atoms with E-state index < -0.39 is 11.7 Å². The molecule has 6 nitrogen and oxygen atoms in total. The summed E-state index contributed by atoms with van der Waals surface area (Å²) in [6.07, 6.45) is 4.27. The highest BCUT2D eigenvalue weighted by atomic mass is 35.5. The minimum absolute atomic E-state index is 0.0286. The first-order chi connectivity index (χ1) is 12.5. The van der Waals surface area contributed by atoms with E-state index in [4.69, 9.17) is 16.3 Å². The van der Waals surface area contributed by atoms with E-state index in [9.17, 15) is 9.18 Å². The number of benzene rings is 1. The minimum Gasteiger partial charge on any atom is -0.481 e. The summed E-state index contributed by atoms with van der Waals surface area (Å²) in [5.41, 5.74) is 1.54. The van der Waals surface area contributed by atoms with Gasteiger partial charge in [0.2, 0.25) is 5.88 Å². The van der Waals surface area contributed by atoms with E-state index >= 15 is 0 Å². The van der Waals surface area contributed by atoms with Crippen LogP contribution in [0.4, 0.5) is 10.2 Å². The summed E-state index contributed by atoms with van der Waals surface area (Å²) in [4.78, 5) is 24.7. The van der Waals surface area contributed by atoms with Gasteiger partial charge in [-0.25, -0.2) is 14.4 Å². The van der Waals surface area contributed by atoms with Crippen molar-refractivity contribution < 1.29 is 13.9 Å². The normalized spacial score (nSPS) is 10.5. The molecular weight excluding hydrogens is 359 g/mol. The lowest BCUT2D eigenvalue weighted by molar-refractivity contribution is 0.102. The van der Waals surface area contributed by atoms with Crippen molar-refractivity contribution in [3.63, 3.8) is 0 Å². The topological polar surface area (TPSA) is 77.0 Å². The number of methoxy groups -OCH3 is 1. The smallest absolute Gasteiger partial charge is 0.260 e. The van der Waals surface area contributed by atoms with Crippen LogP contribution >= 0.6 is 11.6 Å². The molecule has 0 saturated carbocycles. The summed E-state index contributed by atoms with van der Waals surface area (Å²) in [6.45, 7) is 1.66. The van der Waals surface area contributed by atoms with E-state index in [0.29, 0.717) is 27.7 Å². The maximum atomic E-state index is 13.9. The summed E-state index contributed by atoms with van der Waals surface area (Å²) < 4.78 is 19.1. The van der Waals surface area contributed by atoms with Crippen LogP contribution in [-0.4, -0.2) is 28.0 Å². The van der Waals surface area contributed by atoms with Gasteiger partial charge in [0.25, 0.3) is 5.91 Å². The molecule has 26 heavy (non-hydrogen) atoms. The quantitative estimate of drug-likeness (QED) is 0.751. The van der Waals surface area contributed by atoms with E-state index in [1.807, 2.05) is 0 Å². The number of ether oxygens (including phenoxy) is 1. The second-order valence-corrected chi connectivity index (χ2v) is 5.82. The van der Waals surface area contributed by atoms with Crippen molar-refractivity contribution in [3.05, 3.63) is 64.8 Å². The van der Waals surface area contributed by atoms with Gasteiger partial charge < -0.3 is 10.1 Å². The summed E-state index contributed by atoms with van der Waals surface area (Å²) in [6, 6.07) is 6.08. The van der Waals surface area contributed by atoms with Gasteiger partial charge in [-0.15, -0.1) is 0 Å². The van der Waals surface area contributed by atoms with E-state index in [1.165, 1.54) is 31.8 Å². The van der Waals surface area contributed by atoms with Gasteiger partial charge in [-0.3, -0.25) is 9.78 Å². The van der Waals surface area contributed by atoms with Crippen molar-refractivity contribution in [2.75, 3.05) is 12.4 Å². The number of hydrogen-bond acceptors (Lipinski definition) is 5. The van der Waals surface area contributed by atoms with Crippen LogP contribution in [0.5, 0.6) is 5.88 Å². The number of pyridine rings is 1. The Kier molecular flexibility index (Phi) is 5.09. The first-order valence-corrected chi connectivity index (χ1v) is 7.96. The molecular formula is C18H14ClFN4O2. The molecule has 1 N–H and O–H groups in total. The minimum atomic E-state index is -0.596. The van der Waals surface area contributed by atoms with Crippen molar-refractivity contribution in [3.8, 4) is 17.1 Å². The van der Waals surface area contributed by atoms with Crippen molar-refractivity contribution >= 4 is 23.3 Å². The number of nitrogens with zero attached hydrogens (tertiary/aromatic N) is 3. The predicted octanol–water partition coefficient (Wildman–Crippen LogP) is 3.90.